The molecule has 0 heterocycles. The lowest BCUT2D eigenvalue weighted by Gasteiger charge is -2.03. The SMILES string of the molecule is CCCCCC(=O)NCCCCC=O. The van der Waals surface area contributed by atoms with E-state index in [0.29, 0.717) is 19.4 Å². The normalized spacial score (nSPS) is 9.79. The van der Waals surface area contributed by atoms with E-state index in [1.165, 1.54) is 0 Å². The predicted molar refractivity (Wildman–Crippen MR) is 57.1 cm³/mol. The van der Waals surface area contributed by atoms with Crippen LogP contribution in [0, 0.1) is 0 Å². The highest BCUT2D eigenvalue weighted by Gasteiger charge is 1.98. The summed E-state index contributed by atoms with van der Waals surface area (Å²) in [5.41, 5.74) is 0. The zero-order chi connectivity index (χ0) is 10.6. The molecule has 0 aliphatic carbocycles. The van der Waals surface area contributed by atoms with Crippen molar-refractivity contribution in [3.8, 4) is 0 Å². The highest BCUT2D eigenvalue weighted by Crippen LogP contribution is 1.98. The summed E-state index contributed by atoms with van der Waals surface area (Å²) >= 11 is 0. The maximum atomic E-state index is 11.2. The Hall–Kier alpha value is -0.860. The molecule has 0 aromatic heterocycles. The fourth-order valence-corrected chi connectivity index (χ4v) is 1.20. The average Bonchev–Trinajstić information content (AvgIpc) is 2.18. The molecule has 3 heteroatoms. The van der Waals surface area contributed by atoms with Gasteiger partial charge in [0.2, 0.25) is 5.91 Å². The van der Waals surface area contributed by atoms with Crippen LogP contribution in [-0.2, 0) is 9.59 Å². The Bertz CT molecular complexity index is 157. The topological polar surface area (TPSA) is 46.2 Å². The van der Waals surface area contributed by atoms with Gasteiger partial charge in [-0.15, -0.1) is 0 Å². The van der Waals surface area contributed by atoms with E-state index in [4.69, 9.17) is 0 Å². The average molecular weight is 199 g/mol. The number of nitrogens with one attached hydrogen (secondary N) is 1. The van der Waals surface area contributed by atoms with Gasteiger partial charge in [0.1, 0.15) is 6.29 Å². The Labute approximate surface area is 86.3 Å². The lowest BCUT2D eigenvalue weighted by molar-refractivity contribution is -0.121. The predicted octanol–water partition coefficient (Wildman–Crippen LogP) is 2.05. The van der Waals surface area contributed by atoms with Crippen LogP contribution in [-0.4, -0.2) is 18.7 Å². The second kappa shape index (κ2) is 10.2. The fraction of sp³-hybridized carbons (Fsp3) is 0.818. The molecule has 0 rings (SSSR count). The summed E-state index contributed by atoms with van der Waals surface area (Å²) in [6.45, 7) is 2.83. The summed E-state index contributed by atoms with van der Waals surface area (Å²) in [6.07, 6.45) is 7.19. The summed E-state index contributed by atoms with van der Waals surface area (Å²) in [5.74, 6) is 0.143. The number of unbranched alkanes of at least 4 members (excludes halogenated alkanes) is 4. The van der Waals surface area contributed by atoms with Crippen molar-refractivity contribution in [1.29, 1.82) is 0 Å². The van der Waals surface area contributed by atoms with Crippen molar-refractivity contribution in [2.24, 2.45) is 0 Å². The molecule has 0 unspecified atom stereocenters. The van der Waals surface area contributed by atoms with E-state index in [1.807, 2.05) is 0 Å². The van der Waals surface area contributed by atoms with Crippen LogP contribution in [0.4, 0.5) is 0 Å². The van der Waals surface area contributed by atoms with Gasteiger partial charge in [-0.05, 0) is 19.3 Å². The third-order valence-electron chi connectivity index (χ3n) is 2.08. The Morgan fingerprint density at radius 1 is 1.21 bits per heavy atom. The number of hydrogen-bond donors (Lipinski definition) is 1. The van der Waals surface area contributed by atoms with Crippen molar-refractivity contribution in [2.75, 3.05) is 6.54 Å². The summed E-state index contributed by atoms with van der Waals surface area (Å²) in [5, 5.41) is 2.85. The molecule has 0 saturated heterocycles. The molecule has 0 aliphatic heterocycles. The first kappa shape index (κ1) is 13.1. The van der Waals surface area contributed by atoms with Gasteiger partial charge in [-0.3, -0.25) is 4.79 Å². The summed E-state index contributed by atoms with van der Waals surface area (Å²) < 4.78 is 0. The van der Waals surface area contributed by atoms with E-state index < -0.39 is 0 Å². The van der Waals surface area contributed by atoms with Crippen LogP contribution in [0.5, 0.6) is 0 Å². The van der Waals surface area contributed by atoms with Crippen LogP contribution in [0.25, 0.3) is 0 Å². The maximum Gasteiger partial charge on any atom is 0.219 e. The van der Waals surface area contributed by atoms with Crippen molar-refractivity contribution in [1.82, 2.24) is 5.32 Å². The number of carbonyl (C=O) groups is 2. The van der Waals surface area contributed by atoms with Crippen LogP contribution in [0.3, 0.4) is 0 Å². The first-order valence-corrected chi connectivity index (χ1v) is 5.51. The van der Waals surface area contributed by atoms with Crippen LogP contribution in [0.15, 0.2) is 0 Å². The number of carbonyl (C=O) groups excluding carboxylic acids is 2. The van der Waals surface area contributed by atoms with E-state index in [1.54, 1.807) is 0 Å². The quantitative estimate of drug-likeness (QED) is 0.456. The zero-order valence-corrected chi connectivity index (χ0v) is 9.05. The van der Waals surface area contributed by atoms with Gasteiger partial charge in [0.15, 0.2) is 0 Å². The monoisotopic (exact) mass is 199 g/mol. The number of hydrogen-bond acceptors (Lipinski definition) is 2. The Balaban J connectivity index is 3.14. The minimum Gasteiger partial charge on any atom is -0.356 e. The summed E-state index contributed by atoms with van der Waals surface area (Å²) in [6, 6.07) is 0. The van der Waals surface area contributed by atoms with Gasteiger partial charge in [-0.2, -0.15) is 0 Å². The molecule has 0 aromatic carbocycles. The molecule has 0 aromatic rings. The van der Waals surface area contributed by atoms with Gasteiger partial charge in [-0.25, -0.2) is 0 Å². The van der Waals surface area contributed by atoms with Crippen molar-refractivity contribution < 1.29 is 9.59 Å². The van der Waals surface area contributed by atoms with Gasteiger partial charge in [-0.1, -0.05) is 19.8 Å². The third kappa shape index (κ3) is 9.23. The standard InChI is InChI=1S/C11H21NO2/c1-2-3-5-8-11(14)12-9-6-4-7-10-13/h10H,2-9H2,1H3,(H,12,14). The number of rotatable bonds is 9. The number of aldehydes is 1. The molecular formula is C11H21NO2. The van der Waals surface area contributed by atoms with Gasteiger partial charge >= 0.3 is 0 Å². The Kier molecular flexibility index (Phi) is 9.59. The highest BCUT2D eigenvalue weighted by atomic mass is 16.1. The van der Waals surface area contributed by atoms with Gasteiger partial charge in [0.25, 0.3) is 0 Å². The minimum absolute atomic E-state index is 0.143. The second-order valence-electron chi connectivity index (χ2n) is 3.47. The third-order valence-corrected chi connectivity index (χ3v) is 2.08. The first-order valence-electron chi connectivity index (χ1n) is 5.51. The van der Waals surface area contributed by atoms with Gasteiger partial charge in [0, 0.05) is 19.4 Å². The van der Waals surface area contributed by atoms with Crippen molar-refractivity contribution in [3.63, 3.8) is 0 Å². The zero-order valence-electron chi connectivity index (χ0n) is 9.05. The molecule has 0 aliphatic rings. The molecule has 0 saturated carbocycles. The fourth-order valence-electron chi connectivity index (χ4n) is 1.20. The summed E-state index contributed by atoms with van der Waals surface area (Å²) in [4.78, 5) is 21.2. The van der Waals surface area contributed by atoms with E-state index in [-0.39, 0.29) is 5.91 Å². The molecule has 1 N–H and O–H groups in total. The smallest absolute Gasteiger partial charge is 0.219 e. The molecule has 0 atom stereocenters. The molecule has 0 spiro atoms. The summed E-state index contributed by atoms with van der Waals surface area (Å²) in [7, 11) is 0. The van der Waals surface area contributed by atoms with Crippen molar-refractivity contribution in [3.05, 3.63) is 0 Å². The molecule has 0 fully saturated rings. The Morgan fingerprint density at radius 3 is 2.64 bits per heavy atom. The minimum atomic E-state index is 0.143. The molecule has 3 nitrogen and oxygen atoms in total. The van der Waals surface area contributed by atoms with E-state index >= 15 is 0 Å². The lowest BCUT2D eigenvalue weighted by atomic mass is 10.2. The highest BCUT2D eigenvalue weighted by molar-refractivity contribution is 5.75. The maximum absolute atomic E-state index is 11.2. The van der Waals surface area contributed by atoms with Crippen LogP contribution < -0.4 is 5.32 Å². The second-order valence-corrected chi connectivity index (χ2v) is 3.47. The first-order chi connectivity index (χ1) is 6.81. The molecule has 14 heavy (non-hydrogen) atoms. The van der Waals surface area contributed by atoms with E-state index in [2.05, 4.69) is 12.2 Å². The van der Waals surface area contributed by atoms with Crippen LogP contribution >= 0.6 is 0 Å². The van der Waals surface area contributed by atoms with Crippen molar-refractivity contribution >= 4 is 12.2 Å². The molecule has 1 amide bonds. The number of amides is 1. The van der Waals surface area contributed by atoms with Crippen LogP contribution in [0.1, 0.15) is 51.9 Å². The Morgan fingerprint density at radius 2 is 2.00 bits per heavy atom. The molecular weight excluding hydrogens is 178 g/mol. The molecule has 0 bridgehead atoms. The van der Waals surface area contributed by atoms with Crippen LogP contribution in [0.2, 0.25) is 0 Å². The van der Waals surface area contributed by atoms with Crippen molar-refractivity contribution in [2.45, 2.75) is 51.9 Å². The largest absolute Gasteiger partial charge is 0.356 e. The van der Waals surface area contributed by atoms with Gasteiger partial charge < -0.3 is 10.1 Å². The van der Waals surface area contributed by atoms with Gasteiger partial charge in [0.05, 0.1) is 0 Å². The lowest BCUT2D eigenvalue weighted by Crippen LogP contribution is -2.23. The van der Waals surface area contributed by atoms with E-state index in [9.17, 15) is 9.59 Å². The van der Waals surface area contributed by atoms with E-state index in [0.717, 1.165) is 38.4 Å². The molecule has 0 radical (unpaired) electrons. The molecule has 82 valence electrons.